The molecule has 1 saturated heterocycles. The van der Waals surface area contributed by atoms with E-state index in [1.54, 1.807) is 49.7 Å². The fraction of sp³-hybridized carbons (Fsp3) is 0.259. The fourth-order valence-corrected chi connectivity index (χ4v) is 5.87. The Morgan fingerprint density at radius 2 is 1.84 bits per heavy atom. The van der Waals surface area contributed by atoms with Gasteiger partial charge in [-0.05, 0) is 42.0 Å². The summed E-state index contributed by atoms with van der Waals surface area (Å²) in [6.45, 7) is 3.98. The number of anilines is 2. The van der Waals surface area contributed by atoms with Gasteiger partial charge in [-0.1, -0.05) is 30.4 Å². The molecule has 0 aliphatic carbocycles. The average molecular weight is 520 g/mol. The number of amides is 1. The lowest BCUT2D eigenvalue weighted by Crippen LogP contribution is -2.48. The zero-order valence-electron chi connectivity index (χ0n) is 20.6. The first-order chi connectivity index (χ1) is 17.9. The second-order valence-corrected chi connectivity index (χ2v) is 10.6. The molecule has 0 unspecified atom stereocenters. The van der Waals surface area contributed by atoms with Gasteiger partial charge in [0.15, 0.2) is 0 Å². The standard InChI is InChI=1S/C27H29N5O4S/c1-36-26-22(7-4-14-29-26)19-31-15-17-32(18-16-31)27(33)21-9-11-23(12-10-21)30-37(34,35)24-8-2-5-20-6-3-13-28-25(20)24/h2-12,14,28,30H,13,15-19H2,1H3. The van der Waals surface area contributed by atoms with Crippen LogP contribution >= 0.6 is 0 Å². The third-order valence-corrected chi connectivity index (χ3v) is 7.95. The van der Waals surface area contributed by atoms with Crippen molar-refractivity contribution < 1.29 is 17.9 Å². The Bertz CT molecular complexity index is 1410. The number of nitrogens with one attached hydrogen (secondary N) is 2. The molecule has 2 N–H and O–H groups in total. The third-order valence-electron chi connectivity index (χ3n) is 6.52. The number of rotatable bonds is 7. The van der Waals surface area contributed by atoms with Gasteiger partial charge in [-0.3, -0.25) is 14.4 Å². The van der Waals surface area contributed by atoms with Crippen molar-refractivity contribution in [1.29, 1.82) is 0 Å². The van der Waals surface area contributed by atoms with Gasteiger partial charge in [-0.25, -0.2) is 13.4 Å². The number of carbonyl (C=O) groups is 1. The molecular weight excluding hydrogens is 490 g/mol. The Labute approximate surface area is 216 Å². The monoisotopic (exact) mass is 519 g/mol. The molecule has 1 amide bonds. The molecule has 0 atom stereocenters. The number of ether oxygens (including phenoxy) is 1. The van der Waals surface area contributed by atoms with Crippen molar-refractivity contribution in [3.05, 3.63) is 83.6 Å². The first-order valence-electron chi connectivity index (χ1n) is 12.1. The summed E-state index contributed by atoms with van der Waals surface area (Å²) in [5, 5.41) is 3.14. The van der Waals surface area contributed by atoms with Gasteiger partial charge in [0.1, 0.15) is 4.90 Å². The number of nitrogens with zero attached hydrogens (tertiary/aromatic N) is 3. The van der Waals surface area contributed by atoms with Gasteiger partial charge in [-0.15, -0.1) is 0 Å². The van der Waals surface area contributed by atoms with E-state index >= 15 is 0 Å². The Hall–Kier alpha value is -3.89. The number of aromatic nitrogens is 1. The molecule has 1 fully saturated rings. The van der Waals surface area contributed by atoms with Crippen LogP contribution in [0.4, 0.5) is 11.4 Å². The minimum absolute atomic E-state index is 0.0684. The van der Waals surface area contributed by atoms with Crippen molar-refractivity contribution in [2.24, 2.45) is 0 Å². The van der Waals surface area contributed by atoms with Gasteiger partial charge >= 0.3 is 0 Å². The number of fused-ring (bicyclic) bond motifs is 1. The van der Waals surface area contributed by atoms with Crippen LogP contribution in [0, 0.1) is 0 Å². The summed E-state index contributed by atoms with van der Waals surface area (Å²) in [6, 6.07) is 15.6. The van der Waals surface area contributed by atoms with Crippen molar-refractivity contribution in [2.75, 3.05) is 49.9 Å². The molecule has 0 saturated carbocycles. The molecule has 192 valence electrons. The third kappa shape index (κ3) is 5.45. The molecule has 37 heavy (non-hydrogen) atoms. The molecule has 2 aliphatic rings. The number of pyridine rings is 1. The molecule has 0 radical (unpaired) electrons. The van der Waals surface area contributed by atoms with E-state index in [1.165, 1.54) is 0 Å². The quantitative estimate of drug-likeness (QED) is 0.494. The van der Waals surface area contributed by atoms with Crippen LogP contribution in [0.1, 0.15) is 21.5 Å². The van der Waals surface area contributed by atoms with E-state index in [1.807, 2.05) is 35.3 Å². The highest BCUT2D eigenvalue weighted by atomic mass is 32.2. The molecule has 0 spiro atoms. The molecule has 1 aromatic heterocycles. The molecule has 10 heteroatoms. The van der Waals surface area contributed by atoms with Crippen LogP contribution in [0.2, 0.25) is 0 Å². The highest BCUT2D eigenvalue weighted by molar-refractivity contribution is 7.92. The Morgan fingerprint density at radius 1 is 1.05 bits per heavy atom. The number of piperazine rings is 1. The summed E-state index contributed by atoms with van der Waals surface area (Å²) in [7, 11) is -2.19. The maximum Gasteiger partial charge on any atom is 0.263 e. The minimum Gasteiger partial charge on any atom is -0.481 e. The Balaban J connectivity index is 1.20. The highest BCUT2D eigenvalue weighted by Gasteiger charge is 2.24. The van der Waals surface area contributed by atoms with Crippen LogP contribution in [0.15, 0.2) is 71.8 Å². The molecule has 3 heterocycles. The van der Waals surface area contributed by atoms with E-state index in [4.69, 9.17) is 4.74 Å². The molecule has 5 rings (SSSR count). The second-order valence-electron chi connectivity index (χ2n) is 8.93. The van der Waals surface area contributed by atoms with E-state index < -0.39 is 10.0 Å². The number of para-hydroxylation sites is 1. The van der Waals surface area contributed by atoms with Crippen molar-refractivity contribution in [1.82, 2.24) is 14.8 Å². The zero-order valence-corrected chi connectivity index (χ0v) is 21.4. The van der Waals surface area contributed by atoms with Crippen molar-refractivity contribution in [3.8, 4) is 5.88 Å². The smallest absolute Gasteiger partial charge is 0.263 e. The number of benzene rings is 2. The van der Waals surface area contributed by atoms with Gasteiger partial charge < -0.3 is 15.0 Å². The first kappa shape index (κ1) is 24.8. The number of hydrogen-bond donors (Lipinski definition) is 2. The van der Waals surface area contributed by atoms with Crippen LogP contribution in [-0.2, 0) is 16.6 Å². The van der Waals surface area contributed by atoms with Gasteiger partial charge in [0, 0.05) is 62.3 Å². The normalized spacial score (nSPS) is 15.5. The number of hydrogen-bond acceptors (Lipinski definition) is 7. The van der Waals surface area contributed by atoms with E-state index in [-0.39, 0.29) is 10.8 Å². The number of methoxy groups -OCH3 is 1. The predicted molar refractivity (Wildman–Crippen MR) is 143 cm³/mol. The van der Waals surface area contributed by atoms with Crippen LogP contribution < -0.4 is 14.8 Å². The largest absolute Gasteiger partial charge is 0.481 e. The van der Waals surface area contributed by atoms with Gasteiger partial charge in [0.2, 0.25) is 5.88 Å². The highest BCUT2D eigenvalue weighted by Crippen LogP contribution is 2.30. The summed E-state index contributed by atoms with van der Waals surface area (Å²) < 4.78 is 34.1. The SMILES string of the molecule is COc1ncccc1CN1CCN(C(=O)c2ccc(NS(=O)(=O)c3cccc4c3NCC=C4)cc2)CC1. The fourth-order valence-electron chi connectivity index (χ4n) is 4.60. The Kier molecular flexibility index (Phi) is 7.11. The second kappa shape index (κ2) is 10.6. The lowest BCUT2D eigenvalue weighted by Gasteiger charge is -2.35. The lowest BCUT2D eigenvalue weighted by atomic mass is 10.1. The summed E-state index contributed by atoms with van der Waals surface area (Å²) >= 11 is 0. The van der Waals surface area contributed by atoms with Gasteiger partial charge in [0.05, 0.1) is 12.8 Å². The molecule has 2 aromatic carbocycles. The first-order valence-corrected chi connectivity index (χ1v) is 13.6. The van der Waals surface area contributed by atoms with Gasteiger partial charge in [-0.2, -0.15) is 0 Å². The van der Waals surface area contributed by atoms with Crippen LogP contribution in [-0.4, -0.2) is 68.9 Å². The van der Waals surface area contributed by atoms with Crippen LogP contribution in [0.3, 0.4) is 0 Å². The van der Waals surface area contributed by atoms with Crippen molar-refractivity contribution in [2.45, 2.75) is 11.4 Å². The molecule has 3 aromatic rings. The summed E-state index contributed by atoms with van der Waals surface area (Å²) in [5.41, 5.74) is 3.36. The number of carbonyl (C=O) groups excluding carboxylic acids is 1. The van der Waals surface area contributed by atoms with E-state index in [9.17, 15) is 13.2 Å². The lowest BCUT2D eigenvalue weighted by molar-refractivity contribution is 0.0627. The van der Waals surface area contributed by atoms with Crippen LogP contribution in [0.5, 0.6) is 5.88 Å². The summed E-state index contributed by atoms with van der Waals surface area (Å²) in [4.78, 5) is 21.6. The van der Waals surface area contributed by atoms with E-state index in [2.05, 4.69) is 19.9 Å². The van der Waals surface area contributed by atoms with Crippen LogP contribution in [0.25, 0.3) is 6.08 Å². The van der Waals surface area contributed by atoms with Gasteiger partial charge in [0.25, 0.3) is 15.9 Å². The zero-order chi connectivity index (χ0) is 25.8. The summed E-state index contributed by atoms with van der Waals surface area (Å²) in [6.07, 6.45) is 5.55. The average Bonchev–Trinajstić information content (AvgIpc) is 2.93. The van der Waals surface area contributed by atoms with Crippen molar-refractivity contribution >= 4 is 33.4 Å². The molecule has 9 nitrogen and oxygen atoms in total. The van der Waals surface area contributed by atoms with Crippen molar-refractivity contribution in [3.63, 3.8) is 0 Å². The summed E-state index contributed by atoms with van der Waals surface area (Å²) in [5.74, 6) is 0.554. The topological polar surface area (TPSA) is 104 Å². The molecule has 0 bridgehead atoms. The van der Waals surface area contributed by atoms with E-state index in [0.717, 1.165) is 24.2 Å². The minimum atomic E-state index is -3.81. The maximum atomic E-state index is 13.1. The molecular formula is C27H29N5O4S. The Morgan fingerprint density at radius 3 is 2.59 bits per heavy atom. The molecule has 2 aliphatic heterocycles. The maximum absolute atomic E-state index is 13.1. The van der Waals surface area contributed by atoms with E-state index in [0.29, 0.717) is 49.0 Å². The predicted octanol–water partition coefficient (Wildman–Crippen LogP) is 3.29. The number of sulfonamides is 1.